The van der Waals surface area contributed by atoms with Crippen LogP contribution in [0.25, 0.3) is 11.0 Å². The monoisotopic (exact) mass is 303 g/mol. The minimum Gasteiger partial charge on any atom is -0.382 e. The van der Waals surface area contributed by atoms with Crippen molar-refractivity contribution in [2.75, 3.05) is 26.3 Å². The molecule has 0 aliphatic rings. The van der Waals surface area contributed by atoms with Gasteiger partial charge in [0.2, 0.25) is 0 Å². The fourth-order valence-electron chi connectivity index (χ4n) is 2.22. The maximum absolute atomic E-state index is 5.82. The van der Waals surface area contributed by atoms with E-state index >= 15 is 0 Å². The van der Waals surface area contributed by atoms with E-state index in [1.165, 1.54) is 0 Å². The van der Waals surface area contributed by atoms with Gasteiger partial charge < -0.3 is 20.4 Å². The Bertz CT molecular complexity index is 593. The van der Waals surface area contributed by atoms with Gasteiger partial charge in [-0.3, -0.25) is 4.99 Å². The van der Waals surface area contributed by atoms with Crippen LogP contribution in [0.4, 0.5) is 0 Å². The van der Waals surface area contributed by atoms with Crippen molar-refractivity contribution in [3.8, 4) is 0 Å². The first-order valence-corrected chi connectivity index (χ1v) is 7.82. The standard InChI is InChI=1S/C16H25N5O/c1-2-22-12-6-10-19-16(17)18-9-5-11-21-13-20-14-7-3-4-8-15(14)21/h3-4,7-8,13H,2,5-6,9-12H2,1H3,(H3,17,18,19). The van der Waals surface area contributed by atoms with Gasteiger partial charge >= 0.3 is 0 Å². The van der Waals surface area contributed by atoms with E-state index in [0.29, 0.717) is 12.5 Å². The molecule has 6 nitrogen and oxygen atoms in total. The van der Waals surface area contributed by atoms with E-state index in [2.05, 4.69) is 25.9 Å². The first-order valence-electron chi connectivity index (χ1n) is 7.82. The largest absolute Gasteiger partial charge is 0.382 e. The fraction of sp³-hybridized carbons (Fsp3) is 0.500. The highest BCUT2D eigenvalue weighted by Gasteiger charge is 2.00. The summed E-state index contributed by atoms with van der Waals surface area (Å²) in [4.78, 5) is 8.71. The van der Waals surface area contributed by atoms with E-state index in [1.807, 2.05) is 31.5 Å². The summed E-state index contributed by atoms with van der Waals surface area (Å²) >= 11 is 0. The van der Waals surface area contributed by atoms with Crippen LogP contribution in [-0.4, -0.2) is 41.8 Å². The van der Waals surface area contributed by atoms with Crippen molar-refractivity contribution < 1.29 is 4.74 Å². The molecule has 0 aliphatic heterocycles. The molecule has 2 rings (SSSR count). The molecule has 1 aromatic heterocycles. The highest BCUT2D eigenvalue weighted by molar-refractivity contribution is 5.77. The van der Waals surface area contributed by atoms with Crippen molar-refractivity contribution in [3.63, 3.8) is 0 Å². The molecule has 0 aliphatic carbocycles. The van der Waals surface area contributed by atoms with Crippen LogP contribution in [0.15, 0.2) is 35.6 Å². The second kappa shape index (κ2) is 9.04. The van der Waals surface area contributed by atoms with Crippen LogP contribution in [0.5, 0.6) is 0 Å². The molecule has 120 valence electrons. The lowest BCUT2D eigenvalue weighted by Gasteiger charge is -2.06. The average Bonchev–Trinajstić information content (AvgIpc) is 2.95. The SMILES string of the molecule is CCOCCCNC(N)=NCCCn1cnc2ccccc21. The van der Waals surface area contributed by atoms with Crippen LogP contribution in [0.1, 0.15) is 19.8 Å². The van der Waals surface area contributed by atoms with Gasteiger partial charge in [0, 0.05) is 32.8 Å². The summed E-state index contributed by atoms with van der Waals surface area (Å²) in [5.74, 6) is 0.506. The Hall–Kier alpha value is -2.08. The summed E-state index contributed by atoms with van der Waals surface area (Å²) in [6, 6.07) is 8.14. The molecule has 0 unspecified atom stereocenters. The Morgan fingerprint density at radius 2 is 2.23 bits per heavy atom. The van der Waals surface area contributed by atoms with Gasteiger partial charge in [-0.15, -0.1) is 0 Å². The number of nitrogens with zero attached hydrogens (tertiary/aromatic N) is 3. The van der Waals surface area contributed by atoms with Crippen molar-refractivity contribution in [1.29, 1.82) is 0 Å². The molecule has 0 fully saturated rings. The maximum atomic E-state index is 5.82. The molecular weight excluding hydrogens is 278 g/mol. The normalized spacial score (nSPS) is 12.0. The van der Waals surface area contributed by atoms with Gasteiger partial charge in [-0.05, 0) is 31.9 Å². The van der Waals surface area contributed by atoms with E-state index in [0.717, 1.165) is 50.2 Å². The van der Waals surface area contributed by atoms with Crippen molar-refractivity contribution >= 4 is 17.0 Å². The third kappa shape index (κ3) is 5.04. The first-order chi connectivity index (χ1) is 10.8. The number of benzene rings is 1. The molecule has 1 heterocycles. The van der Waals surface area contributed by atoms with Crippen LogP contribution in [0, 0.1) is 0 Å². The quantitative estimate of drug-likeness (QED) is 0.420. The Morgan fingerprint density at radius 1 is 1.36 bits per heavy atom. The molecule has 1 aromatic carbocycles. The summed E-state index contributed by atoms with van der Waals surface area (Å²) in [5.41, 5.74) is 8.01. The van der Waals surface area contributed by atoms with E-state index in [1.54, 1.807) is 0 Å². The lowest BCUT2D eigenvalue weighted by atomic mass is 10.3. The molecule has 0 saturated carbocycles. The summed E-state index contributed by atoms with van der Waals surface area (Å²) in [6.45, 7) is 5.89. The van der Waals surface area contributed by atoms with Crippen molar-refractivity contribution in [1.82, 2.24) is 14.9 Å². The van der Waals surface area contributed by atoms with E-state index in [-0.39, 0.29) is 0 Å². The van der Waals surface area contributed by atoms with Crippen LogP contribution in [0.3, 0.4) is 0 Å². The van der Waals surface area contributed by atoms with E-state index in [4.69, 9.17) is 10.5 Å². The minimum atomic E-state index is 0.506. The van der Waals surface area contributed by atoms with Gasteiger partial charge in [-0.2, -0.15) is 0 Å². The smallest absolute Gasteiger partial charge is 0.188 e. The number of hydrogen-bond acceptors (Lipinski definition) is 3. The van der Waals surface area contributed by atoms with E-state index in [9.17, 15) is 0 Å². The number of para-hydroxylation sites is 2. The number of aromatic nitrogens is 2. The molecule has 3 N–H and O–H groups in total. The average molecular weight is 303 g/mol. The summed E-state index contributed by atoms with van der Waals surface area (Å²) < 4.78 is 7.41. The summed E-state index contributed by atoms with van der Waals surface area (Å²) in [7, 11) is 0. The fourth-order valence-corrected chi connectivity index (χ4v) is 2.22. The first kappa shape index (κ1) is 16.3. The number of aryl methyl sites for hydroxylation is 1. The number of aliphatic imine (C=N–C) groups is 1. The minimum absolute atomic E-state index is 0.506. The van der Waals surface area contributed by atoms with Crippen LogP contribution >= 0.6 is 0 Å². The van der Waals surface area contributed by atoms with Gasteiger partial charge in [0.05, 0.1) is 17.4 Å². The van der Waals surface area contributed by atoms with Gasteiger partial charge in [-0.25, -0.2) is 4.98 Å². The Kier molecular flexibility index (Phi) is 6.70. The Labute approximate surface area is 131 Å². The number of nitrogens with two attached hydrogens (primary N) is 1. The molecule has 0 saturated heterocycles. The van der Waals surface area contributed by atoms with Gasteiger partial charge in [0.15, 0.2) is 5.96 Å². The molecule has 2 aromatic rings. The molecule has 0 bridgehead atoms. The predicted molar refractivity (Wildman–Crippen MR) is 90.0 cm³/mol. The van der Waals surface area contributed by atoms with Gasteiger partial charge in [0.1, 0.15) is 0 Å². The van der Waals surface area contributed by atoms with E-state index < -0.39 is 0 Å². The molecule has 0 amide bonds. The Balaban J connectivity index is 1.66. The zero-order chi connectivity index (χ0) is 15.6. The number of imidazole rings is 1. The maximum Gasteiger partial charge on any atom is 0.188 e. The van der Waals surface area contributed by atoms with Crippen LogP contribution < -0.4 is 11.1 Å². The zero-order valence-corrected chi connectivity index (χ0v) is 13.2. The molecule has 6 heteroatoms. The third-order valence-electron chi connectivity index (χ3n) is 3.34. The number of hydrogen-bond donors (Lipinski definition) is 2. The van der Waals surface area contributed by atoms with Crippen molar-refractivity contribution in [3.05, 3.63) is 30.6 Å². The van der Waals surface area contributed by atoms with Crippen molar-refractivity contribution in [2.45, 2.75) is 26.3 Å². The number of fused-ring (bicyclic) bond motifs is 1. The van der Waals surface area contributed by atoms with Crippen molar-refractivity contribution in [2.24, 2.45) is 10.7 Å². The van der Waals surface area contributed by atoms with Crippen LogP contribution in [-0.2, 0) is 11.3 Å². The van der Waals surface area contributed by atoms with Gasteiger partial charge in [0.25, 0.3) is 0 Å². The van der Waals surface area contributed by atoms with Crippen LogP contribution in [0.2, 0.25) is 0 Å². The third-order valence-corrected chi connectivity index (χ3v) is 3.34. The van der Waals surface area contributed by atoms with Gasteiger partial charge in [-0.1, -0.05) is 12.1 Å². The lowest BCUT2D eigenvalue weighted by Crippen LogP contribution is -2.33. The summed E-state index contributed by atoms with van der Waals surface area (Å²) in [5, 5.41) is 3.09. The predicted octanol–water partition coefficient (Wildman–Crippen LogP) is 1.76. The lowest BCUT2D eigenvalue weighted by molar-refractivity contribution is 0.145. The topological polar surface area (TPSA) is 77.5 Å². The molecule has 0 radical (unpaired) electrons. The Morgan fingerprint density at radius 3 is 3.09 bits per heavy atom. The highest BCUT2D eigenvalue weighted by atomic mass is 16.5. The molecule has 0 atom stereocenters. The number of rotatable bonds is 9. The molecule has 22 heavy (non-hydrogen) atoms. The second-order valence-corrected chi connectivity index (χ2v) is 5.02. The molecular formula is C16H25N5O. The number of nitrogens with one attached hydrogen (secondary N) is 1. The molecule has 0 spiro atoms. The number of ether oxygens (including phenoxy) is 1. The summed E-state index contributed by atoms with van der Waals surface area (Å²) in [6.07, 6.45) is 3.75. The zero-order valence-electron chi connectivity index (χ0n) is 13.2. The number of guanidine groups is 1. The highest BCUT2D eigenvalue weighted by Crippen LogP contribution is 2.11. The second-order valence-electron chi connectivity index (χ2n) is 5.02.